The van der Waals surface area contributed by atoms with E-state index in [0.29, 0.717) is 0 Å². The molecule has 0 saturated heterocycles. The first-order valence-electron chi connectivity index (χ1n) is 5.53. The Labute approximate surface area is 96.4 Å². The van der Waals surface area contributed by atoms with Crippen LogP contribution < -0.4 is 0 Å². The highest BCUT2D eigenvalue weighted by atomic mass is 16.3. The number of hydrogen-bond acceptors (Lipinski definition) is 1. The Morgan fingerprint density at radius 3 is 2.12 bits per heavy atom. The van der Waals surface area contributed by atoms with Crippen LogP contribution in [-0.2, 0) is 13.0 Å². The summed E-state index contributed by atoms with van der Waals surface area (Å²) in [5.74, 6) is 0. The molecule has 0 aliphatic heterocycles. The first kappa shape index (κ1) is 10.9. The standard InChI is InChI=1S/C15H16O/c1-12-6-8-13(9-7-12)10-14-4-2-3-5-15(14)11-16/h2-9,16H,10-11H2,1H3. The van der Waals surface area contributed by atoms with Crippen molar-refractivity contribution in [2.75, 3.05) is 0 Å². The summed E-state index contributed by atoms with van der Waals surface area (Å²) in [4.78, 5) is 0. The Kier molecular flexibility index (Phi) is 3.37. The fourth-order valence-electron chi connectivity index (χ4n) is 1.81. The third-order valence-electron chi connectivity index (χ3n) is 2.80. The monoisotopic (exact) mass is 212 g/mol. The lowest BCUT2D eigenvalue weighted by atomic mass is 9.99. The van der Waals surface area contributed by atoms with Crippen molar-refractivity contribution >= 4 is 0 Å². The molecule has 0 aliphatic carbocycles. The first-order chi connectivity index (χ1) is 7.79. The maximum atomic E-state index is 9.24. The summed E-state index contributed by atoms with van der Waals surface area (Å²) in [6, 6.07) is 16.6. The fraction of sp³-hybridized carbons (Fsp3) is 0.200. The topological polar surface area (TPSA) is 20.2 Å². The molecule has 0 aromatic heterocycles. The summed E-state index contributed by atoms with van der Waals surface area (Å²) < 4.78 is 0. The predicted molar refractivity (Wildman–Crippen MR) is 66.3 cm³/mol. The molecular weight excluding hydrogens is 196 g/mol. The lowest BCUT2D eigenvalue weighted by Gasteiger charge is -2.07. The molecule has 0 heterocycles. The number of aliphatic hydroxyl groups is 1. The summed E-state index contributed by atoms with van der Waals surface area (Å²) >= 11 is 0. The second-order valence-electron chi connectivity index (χ2n) is 4.09. The number of benzene rings is 2. The van der Waals surface area contributed by atoms with Crippen LogP contribution in [0.2, 0.25) is 0 Å². The second-order valence-corrected chi connectivity index (χ2v) is 4.09. The zero-order chi connectivity index (χ0) is 11.4. The van der Waals surface area contributed by atoms with E-state index in [-0.39, 0.29) is 6.61 Å². The van der Waals surface area contributed by atoms with Crippen molar-refractivity contribution in [3.63, 3.8) is 0 Å². The van der Waals surface area contributed by atoms with Crippen LogP contribution in [0, 0.1) is 6.92 Å². The van der Waals surface area contributed by atoms with Gasteiger partial charge in [0.05, 0.1) is 6.61 Å². The summed E-state index contributed by atoms with van der Waals surface area (Å²) in [6.07, 6.45) is 0.886. The molecule has 2 rings (SSSR count). The average Bonchev–Trinajstić information content (AvgIpc) is 2.33. The van der Waals surface area contributed by atoms with Gasteiger partial charge < -0.3 is 5.11 Å². The zero-order valence-corrected chi connectivity index (χ0v) is 9.48. The molecule has 0 fully saturated rings. The van der Waals surface area contributed by atoms with E-state index in [4.69, 9.17) is 0 Å². The maximum absolute atomic E-state index is 9.24. The van der Waals surface area contributed by atoms with Crippen LogP contribution >= 0.6 is 0 Å². The van der Waals surface area contributed by atoms with Crippen LogP contribution in [0.5, 0.6) is 0 Å². The quantitative estimate of drug-likeness (QED) is 0.829. The minimum atomic E-state index is 0.113. The SMILES string of the molecule is Cc1ccc(Cc2ccccc2CO)cc1. The molecule has 0 atom stereocenters. The molecule has 1 N–H and O–H groups in total. The highest BCUT2D eigenvalue weighted by molar-refractivity contribution is 5.33. The van der Waals surface area contributed by atoms with Gasteiger partial charge in [0.1, 0.15) is 0 Å². The van der Waals surface area contributed by atoms with E-state index < -0.39 is 0 Å². The Morgan fingerprint density at radius 1 is 0.875 bits per heavy atom. The molecule has 0 spiro atoms. The van der Waals surface area contributed by atoms with E-state index in [9.17, 15) is 5.11 Å². The van der Waals surface area contributed by atoms with Crippen molar-refractivity contribution < 1.29 is 5.11 Å². The van der Waals surface area contributed by atoms with E-state index in [1.807, 2.05) is 18.2 Å². The van der Waals surface area contributed by atoms with Gasteiger partial charge in [0, 0.05) is 0 Å². The van der Waals surface area contributed by atoms with Crippen molar-refractivity contribution in [1.29, 1.82) is 0 Å². The van der Waals surface area contributed by atoms with Gasteiger partial charge in [-0.25, -0.2) is 0 Å². The molecule has 0 aliphatic rings. The molecule has 0 saturated carbocycles. The lowest BCUT2D eigenvalue weighted by molar-refractivity contribution is 0.281. The third kappa shape index (κ3) is 2.50. The lowest BCUT2D eigenvalue weighted by Crippen LogP contribution is -1.95. The molecule has 0 amide bonds. The van der Waals surface area contributed by atoms with Gasteiger partial charge in [0.15, 0.2) is 0 Å². The van der Waals surface area contributed by atoms with Gasteiger partial charge in [-0.1, -0.05) is 54.1 Å². The van der Waals surface area contributed by atoms with Crippen LogP contribution in [0.1, 0.15) is 22.3 Å². The molecule has 0 radical (unpaired) electrons. The Balaban J connectivity index is 2.23. The smallest absolute Gasteiger partial charge is 0.0684 e. The third-order valence-corrected chi connectivity index (χ3v) is 2.80. The van der Waals surface area contributed by atoms with Gasteiger partial charge in [0.25, 0.3) is 0 Å². The molecule has 16 heavy (non-hydrogen) atoms. The summed E-state index contributed by atoms with van der Waals surface area (Å²) in [5, 5.41) is 9.24. The first-order valence-corrected chi connectivity index (χ1v) is 5.53. The summed E-state index contributed by atoms with van der Waals surface area (Å²) in [6.45, 7) is 2.20. The molecule has 2 aromatic carbocycles. The summed E-state index contributed by atoms with van der Waals surface area (Å²) in [7, 11) is 0. The molecule has 0 bridgehead atoms. The van der Waals surface area contributed by atoms with Crippen molar-refractivity contribution in [1.82, 2.24) is 0 Å². The van der Waals surface area contributed by atoms with Gasteiger partial charge >= 0.3 is 0 Å². The average molecular weight is 212 g/mol. The maximum Gasteiger partial charge on any atom is 0.0684 e. The molecule has 1 heteroatoms. The number of aliphatic hydroxyl groups excluding tert-OH is 1. The van der Waals surface area contributed by atoms with Crippen LogP contribution in [0.4, 0.5) is 0 Å². The van der Waals surface area contributed by atoms with Crippen LogP contribution in [-0.4, -0.2) is 5.11 Å². The van der Waals surface area contributed by atoms with Crippen LogP contribution in [0.3, 0.4) is 0 Å². The normalized spacial score (nSPS) is 10.4. The number of hydrogen-bond donors (Lipinski definition) is 1. The molecule has 0 unspecified atom stereocenters. The second kappa shape index (κ2) is 4.95. The van der Waals surface area contributed by atoms with Crippen molar-refractivity contribution in [3.05, 3.63) is 70.8 Å². The van der Waals surface area contributed by atoms with Crippen LogP contribution in [0.25, 0.3) is 0 Å². The molecule has 82 valence electrons. The Hall–Kier alpha value is -1.60. The minimum absolute atomic E-state index is 0.113. The van der Waals surface area contributed by atoms with E-state index in [1.165, 1.54) is 16.7 Å². The van der Waals surface area contributed by atoms with Gasteiger partial charge in [-0.2, -0.15) is 0 Å². The van der Waals surface area contributed by atoms with E-state index in [0.717, 1.165) is 12.0 Å². The molecule has 2 aromatic rings. The number of aryl methyl sites for hydroxylation is 1. The highest BCUT2D eigenvalue weighted by Crippen LogP contribution is 2.14. The van der Waals surface area contributed by atoms with E-state index >= 15 is 0 Å². The summed E-state index contributed by atoms with van der Waals surface area (Å²) in [5.41, 5.74) is 4.78. The van der Waals surface area contributed by atoms with Gasteiger partial charge in [0.2, 0.25) is 0 Å². The zero-order valence-electron chi connectivity index (χ0n) is 9.48. The molecule has 1 nitrogen and oxygen atoms in total. The predicted octanol–water partition coefficient (Wildman–Crippen LogP) is 3.08. The van der Waals surface area contributed by atoms with E-state index in [2.05, 4.69) is 37.3 Å². The largest absolute Gasteiger partial charge is 0.392 e. The molecular formula is C15H16O. The van der Waals surface area contributed by atoms with Gasteiger partial charge in [-0.15, -0.1) is 0 Å². The Morgan fingerprint density at radius 2 is 1.50 bits per heavy atom. The minimum Gasteiger partial charge on any atom is -0.392 e. The fourth-order valence-corrected chi connectivity index (χ4v) is 1.81. The Bertz CT molecular complexity index is 457. The van der Waals surface area contributed by atoms with Gasteiger partial charge in [-0.05, 0) is 30.0 Å². The van der Waals surface area contributed by atoms with Crippen molar-refractivity contribution in [2.24, 2.45) is 0 Å². The van der Waals surface area contributed by atoms with Crippen LogP contribution in [0.15, 0.2) is 48.5 Å². The van der Waals surface area contributed by atoms with Crippen molar-refractivity contribution in [2.45, 2.75) is 20.0 Å². The highest BCUT2D eigenvalue weighted by Gasteiger charge is 2.01. The van der Waals surface area contributed by atoms with Crippen molar-refractivity contribution in [3.8, 4) is 0 Å². The van der Waals surface area contributed by atoms with E-state index in [1.54, 1.807) is 0 Å². The number of rotatable bonds is 3. The van der Waals surface area contributed by atoms with Gasteiger partial charge in [-0.3, -0.25) is 0 Å².